The minimum atomic E-state index is -0.124. The van der Waals surface area contributed by atoms with E-state index in [1.807, 2.05) is 47.1 Å². The van der Waals surface area contributed by atoms with E-state index in [1.54, 1.807) is 10.8 Å². The summed E-state index contributed by atoms with van der Waals surface area (Å²) in [6.07, 6.45) is 6.72. The first-order valence-electron chi connectivity index (χ1n) is 11.1. The molecule has 0 aliphatic carbocycles. The lowest BCUT2D eigenvalue weighted by Crippen LogP contribution is -2.27. The van der Waals surface area contributed by atoms with Gasteiger partial charge in [-0.15, -0.1) is 12.4 Å². The van der Waals surface area contributed by atoms with E-state index < -0.39 is 0 Å². The molecular formula is C26H26ClN5O2. The molecule has 1 aromatic carbocycles. The van der Waals surface area contributed by atoms with Crippen LogP contribution < -0.4 is 10.3 Å². The van der Waals surface area contributed by atoms with Crippen molar-refractivity contribution in [3.05, 3.63) is 94.4 Å². The zero-order chi connectivity index (χ0) is 22.5. The highest BCUT2D eigenvalue weighted by atomic mass is 35.5. The van der Waals surface area contributed by atoms with Crippen molar-refractivity contribution in [2.45, 2.75) is 19.6 Å². The number of aromatic nitrogens is 4. The molecule has 0 atom stereocenters. The van der Waals surface area contributed by atoms with Crippen molar-refractivity contribution < 1.29 is 4.74 Å². The van der Waals surface area contributed by atoms with Crippen LogP contribution in [0.1, 0.15) is 17.0 Å². The van der Waals surface area contributed by atoms with E-state index in [2.05, 4.69) is 40.7 Å². The molecule has 6 rings (SSSR count). The molecule has 0 amide bonds. The standard InChI is InChI=1S/C26H25N5O2.ClH/c1-28-11-9-22-21-7-6-19(13-23(21)29(2)24(22)16-28)31-12-8-20(14-26(31)32)33-17-18-15-30-10-4-3-5-25(30)27-18;/h3-8,10,12-15H,9,11,16-17H2,1-2H3;1H. The Morgan fingerprint density at radius 1 is 1.06 bits per heavy atom. The summed E-state index contributed by atoms with van der Waals surface area (Å²) in [5.74, 6) is 0.534. The Morgan fingerprint density at radius 2 is 1.94 bits per heavy atom. The van der Waals surface area contributed by atoms with Crippen LogP contribution in [0.3, 0.4) is 0 Å². The molecule has 7 nitrogen and oxygen atoms in total. The van der Waals surface area contributed by atoms with Crippen molar-refractivity contribution in [2.24, 2.45) is 7.05 Å². The maximum absolute atomic E-state index is 12.9. The maximum Gasteiger partial charge on any atom is 0.258 e. The first kappa shape index (κ1) is 22.3. The number of fused-ring (bicyclic) bond motifs is 4. The third kappa shape index (κ3) is 3.77. The normalized spacial score (nSPS) is 13.7. The third-order valence-electron chi connectivity index (χ3n) is 6.55. The number of aryl methyl sites for hydroxylation is 1. The van der Waals surface area contributed by atoms with Crippen molar-refractivity contribution >= 4 is 29.0 Å². The Morgan fingerprint density at radius 3 is 2.76 bits per heavy atom. The number of likely N-dealkylation sites (N-methyl/N-ethyl adjacent to an activating group) is 1. The van der Waals surface area contributed by atoms with Crippen LogP contribution >= 0.6 is 12.4 Å². The molecule has 0 bridgehead atoms. The van der Waals surface area contributed by atoms with Gasteiger partial charge in [0.1, 0.15) is 18.0 Å². The van der Waals surface area contributed by atoms with Gasteiger partial charge in [0.25, 0.3) is 5.56 Å². The van der Waals surface area contributed by atoms with Gasteiger partial charge in [-0.1, -0.05) is 12.1 Å². The largest absolute Gasteiger partial charge is 0.487 e. The maximum atomic E-state index is 12.9. The summed E-state index contributed by atoms with van der Waals surface area (Å²) in [5.41, 5.74) is 6.36. The number of benzene rings is 1. The van der Waals surface area contributed by atoms with Gasteiger partial charge in [0, 0.05) is 55.9 Å². The quantitative estimate of drug-likeness (QED) is 0.395. The monoisotopic (exact) mass is 475 g/mol. The Hall–Kier alpha value is -3.55. The first-order valence-corrected chi connectivity index (χ1v) is 11.1. The van der Waals surface area contributed by atoms with E-state index in [9.17, 15) is 4.79 Å². The average Bonchev–Trinajstić information content (AvgIpc) is 3.36. The van der Waals surface area contributed by atoms with Crippen LogP contribution in [-0.4, -0.2) is 37.0 Å². The van der Waals surface area contributed by atoms with Crippen LogP contribution in [0.15, 0.2) is 71.9 Å². The van der Waals surface area contributed by atoms with Crippen molar-refractivity contribution in [3.8, 4) is 11.4 Å². The molecule has 0 N–H and O–H groups in total. The minimum Gasteiger partial charge on any atom is -0.487 e. The molecule has 0 saturated heterocycles. The van der Waals surface area contributed by atoms with Crippen LogP contribution in [0.2, 0.25) is 0 Å². The lowest BCUT2D eigenvalue weighted by molar-refractivity contribution is 0.301. The van der Waals surface area contributed by atoms with E-state index in [1.165, 1.54) is 22.7 Å². The second-order valence-electron chi connectivity index (χ2n) is 8.73. The zero-order valence-corrected chi connectivity index (χ0v) is 20.0. The molecule has 4 aromatic heterocycles. The average molecular weight is 476 g/mol. The molecule has 1 aliphatic heterocycles. The van der Waals surface area contributed by atoms with Crippen LogP contribution in [0.5, 0.6) is 5.75 Å². The molecule has 0 radical (unpaired) electrons. The predicted molar refractivity (Wildman–Crippen MR) is 135 cm³/mol. The SMILES string of the molecule is CN1CCc2c(n(C)c3cc(-n4ccc(OCc5cn6ccccc6n5)cc4=O)ccc23)C1.Cl. The van der Waals surface area contributed by atoms with E-state index >= 15 is 0 Å². The number of nitrogens with zero attached hydrogens (tertiary/aromatic N) is 5. The Bertz CT molecular complexity index is 1530. The number of halogens is 1. The number of hydrogen-bond acceptors (Lipinski definition) is 4. The van der Waals surface area contributed by atoms with Crippen LogP contribution in [0.25, 0.3) is 22.2 Å². The number of imidazole rings is 1. The van der Waals surface area contributed by atoms with Crippen molar-refractivity contribution in [3.63, 3.8) is 0 Å². The molecule has 0 fully saturated rings. The van der Waals surface area contributed by atoms with Gasteiger partial charge in [-0.05, 0) is 49.4 Å². The smallest absolute Gasteiger partial charge is 0.258 e. The fraction of sp³-hybridized carbons (Fsp3) is 0.231. The molecule has 174 valence electrons. The molecule has 0 spiro atoms. The molecule has 5 aromatic rings. The third-order valence-corrected chi connectivity index (χ3v) is 6.55. The number of ether oxygens (including phenoxy) is 1. The summed E-state index contributed by atoms with van der Waals surface area (Å²) in [6, 6.07) is 15.5. The Labute approximate surface area is 203 Å². The van der Waals surface area contributed by atoms with Gasteiger partial charge >= 0.3 is 0 Å². The van der Waals surface area contributed by atoms with Gasteiger partial charge in [-0.3, -0.25) is 9.36 Å². The number of pyridine rings is 2. The molecule has 5 heterocycles. The summed E-state index contributed by atoms with van der Waals surface area (Å²) in [4.78, 5) is 19.8. The first-order chi connectivity index (χ1) is 16.1. The van der Waals surface area contributed by atoms with Gasteiger partial charge in [-0.25, -0.2) is 4.98 Å². The Balaban J connectivity index is 0.00000241. The van der Waals surface area contributed by atoms with Gasteiger partial charge in [0.2, 0.25) is 0 Å². The second-order valence-corrected chi connectivity index (χ2v) is 8.73. The van der Waals surface area contributed by atoms with Gasteiger partial charge in [0.05, 0.1) is 16.9 Å². The second kappa shape index (κ2) is 8.66. The van der Waals surface area contributed by atoms with Gasteiger partial charge in [0.15, 0.2) is 0 Å². The van der Waals surface area contributed by atoms with Crippen molar-refractivity contribution in [2.75, 3.05) is 13.6 Å². The van der Waals surface area contributed by atoms with Gasteiger partial charge < -0.3 is 18.6 Å². The predicted octanol–water partition coefficient (Wildman–Crippen LogP) is 3.97. The minimum absolute atomic E-state index is 0. The summed E-state index contributed by atoms with van der Waals surface area (Å²) >= 11 is 0. The highest BCUT2D eigenvalue weighted by Gasteiger charge is 2.21. The van der Waals surface area contributed by atoms with Crippen LogP contribution in [0, 0.1) is 0 Å². The van der Waals surface area contributed by atoms with E-state index in [0.717, 1.165) is 42.1 Å². The zero-order valence-electron chi connectivity index (χ0n) is 19.1. The van der Waals surface area contributed by atoms with Crippen molar-refractivity contribution in [1.82, 2.24) is 23.4 Å². The molecule has 0 unspecified atom stereocenters. The molecule has 34 heavy (non-hydrogen) atoms. The number of rotatable bonds is 4. The summed E-state index contributed by atoms with van der Waals surface area (Å²) in [7, 11) is 4.27. The van der Waals surface area contributed by atoms with Crippen LogP contribution in [0.4, 0.5) is 0 Å². The summed E-state index contributed by atoms with van der Waals surface area (Å²) in [5, 5.41) is 1.28. The lowest BCUT2D eigenvalue weighted by Gasteiger charge is -2.23. The highest BCUT2D eigenvalue weighted by Crippen LogP contribution is 2.31. The highest BCUT2D eigenvalue weighted by molar-refractivity contribution is 5.87. The molecule has 8 heteroatoms. The summed E-state index contributed by atoms with van der Waals surface area (Å²) < 4.78 is 11.7. The fourth-order valence-electron chi connectivity index (χ4n) is 4.80. The lowest BCUT2D eigenvalue weighted by atomic mass is 10.0. The topological polar surface area (TPSA) is 56.7 Å². The summed E-state index contributed by atoms with van der Waals surface area (Å²) in [6.45, 7) is 2.33. The number of hydrogen-bond donors (Lipinski definition) is 0. The Kier molecular flexibility index (Phi) is 5.67. The molecule has 0 saturated carbocycles. The van der Waals surface area contributed by atoms with E-state index in [0.29, 0.717) is 12.4 Å². The van der Waals surface area contributed by atoms with Crippen molar-refractivity contribution in [1.29, 1.82) is 0 Å². The fourth-order valence-corrected chi connectivity index (χ4v) is 4.80. The van der Waals surface area contributed by atoms with E-state index in [4.69, 9.17) is 4.74 Å². The molecule has 1 aliphatic rings. The molecular weight excluding hydrogens is 450 g/mol. The van der Waals surface area contributed by atoms with Crippen LogP contribution in [-0.2, 0) is 26.6 Å². The van der Waals surface area contributed by atoms with Gasteiger partial charge in [-0.2, -0.15) is 0 Å². The van der Waals surface area contributed by atoms with E-state index in [-0.39, 0.29) is 18.0 Å².